The predicted molar refractivity (Wildman–Crippen MR) is 71.8 cm³/mol. The van der Waals surface area contributed by atoms with Crippen molar-refractivity contribution in [3.05, 3.63) is 68.1 Å². The van der Waals surface area contributed by atoms with E-state index in [1.165, 1.54) is 0 Å². The molecule has 10 heteroatoms. The van der Waals surface area contributed by atoms with Gasteiger partial charge in [0.05, 0.1) is 4.92 Å². The molecule has 0 saturated heterocycles. The molecule has 0 saturated carbocycles. The first kappa shape index (κ1) is 15.3. The predicted octanol–water partition coefficient (Wildman–Crippen LogP) is 0.617. The van der Waals surface area contributed by atoms with Gasteiger partial charge < -0.3 is 15.2 Å². The zero-order valence-electron chi connectivity index (χ0n) is 11.0. The third-order valence-corrected chi connectivity index (χ3v) is 2.85. The van der Waals surface area contributed by atoms with Crippen LogP contribution >= 0.6 is 0 Å². The number of aliphatic hydroxyl groups is 1. The molecule has 22 heavy (non-hydrogen) atoms. The van der Waals surface area contributed by atoms with Crippen molar-refractivity contribution in [2.45, 2.75) is 12.8 Å². The summed E-state index contributed by atoms with van der Waals surface area (Å²) in [6.45, 7) is 0.0615. The van der Waals surface area contributed by atoms with Crippen molar-refractivity contribution in [3.63, 3.8) is 0 Å². The van der Waals surface area contributed by atoms with E-state index in [-0.39, 0.29) is 6.54 Å². The van der Waals surface area contributed by atoms with E-state index < -0.39 is 33.4 Å². The number of benzene rings is 1. The van der Waals surface area contributed by atoms with Gasteiger partial charge >= 0.3 is 12.0 Å². The Balaban J connectivity index is 2.40. The summed E-state index contributed by atoms with van der Waals surface area (Å²) >= 11 is 0. The number of nitrogens with zero attached hydrogens (tertiary/aromatic N) is 4. The van der Waals surface area contributed by atoms with E-state index in [1.807, 2.05) is 0 Å². The van der Waals surface area contributed by atoms with E-state index in [0.29, 0.717) is 0 Å². The molecule has 0 aliphatic rings. The largest absolute Gasteiger partial charge is 0.379 e. The lowest BCUT2D eigenvalue weighted by molar-refractivity contribution is -0.550. The van der Waals surface area contributed by atoms with Crippen molar-refractivity contribution >= 4 is 11.6 Å². The van der Waals surface area contributed by atoms with Gasteiger partial charge in [-0.3, -0.25) is 14.9 Å². The highest BCUT2D eigenvalue weighted by Crippen LogP contribution is 2.20. The second-order valence-corrected chi connectivity index (χ2v) is 4.31. The molecule has 1 atom stereocenters. The molecule has 0 bridgehead atoms. The lowest BCUT2D eigenvalue weighted by Gasteiger charge is -2.03. The minimum atomic E-state index is -2.58. The third kappa shape index (κ3) is 2.96. The van der Waals surface area contributed by atoms with E-state index in [9.17, 15) is 25.0 Å². The van der Waals surface area contributed by atoms with Gasteiger partial charge in [-0.1, -0.05) is 30.3 Å². The Morgan fingerprint density at radius 2 is 1.91 bits per heavy atom. The molecule has 0 amide bonds. The van der Waals surface area contributed by atoms with E-state index in [1.54, 1.807) is 30.3 Å². The number of Topliss-reactive ketones (excluding diaryl/α,β-unsaturated/α-hetero) is 1. The Labute approximate surface area is 122 Å². The van der Waals surface area contributed by atoms with Crippen LogP contribution in [0, 0.1) is 20.2 Å². The van der Waals surface area contributed by atoms with Crippen molar-refractivity contribution in [2.75, 3.05) is 0 Å². The van der Waals surface area contributed by atoms with Crippen molar-refractivity contribution in [3.8, 4) is 0 Å². The van der Waals surface area contributed by atoms with Crippen LogP contribution in [0.3, 0.4) is 0 Å². The van der Waals surface area contributed by atoms with Gasteiger partial charge in [-0.2, -0.15) is 0 Å². The molecule has 0 aliphatic heterocycles. The van der Waals surface area contributed by atoms with Crippen molar-refractivity contribution < 1.29 is 19.7 Å². The molecule has 2 rings (SSSR count). The van der Waals surface area contributed by atoms with E-state index >= 15 is 0 Å². The summed E-state index contributed by atoms with van der Waals surface area (Å²) in [5, 5.41) is 30.7. The molecule has 1 aromatic heterocycles. The van der Waals surface area contributed by atoms with Crippen LogP contribution in [0.4, 0.5) is 5.82 Å². The van der Waals surface area contributed by atoms with Crippen LogP contribution < -0.4 is 0 Å². The highest BCUT2D eigenvalue weighted by Gasteiger charge is 2.37. The first-order chi connectivity index (χ1) is 10.4. The van der Waals surface area contributed by atoms with Crippen molar-refractivity contribution in [2.24, 2.45) is 0 Å². The summed E-state index contributed by atoms with van der Waals surface area (Å²) in [5.74, 6) is -2.13. The topological polar surface area (TPSA) is 141 Å². The molecule has 0 radical (unpaired) electrons. The van der Waals surface area contributed by atoms with Gasteiger partial charge in [0.2, 0.25) is 5.69 Å². The Hall–Kier alpha value is -3.14. The van der Waals surface area contributed by atoms with Gasteiger partial charge in [-0.15, -0.1) is 0 Å². The standard InChI is InChI=1S/C12H10N4O6/c17-10(12(18)16(21)22)9-11(15(19)20)14(7-13-9)6-8-4-2-1-3-5-8/h1-5,7,12,18H,6H2. The van der Waals surface area contributed by atoms with E-state index in [4.69, 9.17) is 5.11 Å². The molecule has 114 valence electrons. The molecule has 0 spiro atoms. The monoisotopic (exact) mass is 306 g/mol. The number of nitro groups is 2. The SMILES string of the molecule is O=C(c1ncn(Cc2ccccc2)c1[N+](=O)[O-])C(O)[N+](=O)[O-]. The lowest BCUT2D eigenvalue weighted by atomic mass is 10.2. The van der Waals surface area contributed by atoms with Gasteiger partial charge in [-0.05, 0) is 10.5 Å². The normalized spacial score (nSPS) is 11.9. The molecule has 2 aromatic rings. The Bertz CT molecular complexity index is 726. The van der Waals surface area contributed by atoms with Crippen LogP contribution in [0.15, 0.2) is 36.7 Å². The zero-order valence-corrected chi connectivity index (χ0v) is 11.0. The van der Waals surface area contributed by atoms with Crippen LogP contribution in [-0.2, 0) is 6.54 Å². The van der Waals surface area contributed by atoms with E-state index in [2.05, 4.69) is 4.98 Å². The second-order valence-electron chi connectivity index (χ2n) is 4.31. The zero-order chi connectivity index (χ0) is 16.3. The van der Waals surface area contributed by atoms with E-state index in [0.717, 1.165) is 16.5 Å². The number of hydrogen-bond donors (Lipinski definition) is 1. The average molecular weight is 306 g/mol. The first-order valence-corrected chi connectivity index (χ1v) is 6.01. The van der Waals surface area contributed by atoms with Crippen LogP contribution in [0.2, 0.25) is 0 Å². The molecular formula is C12H10N4O6. The quantitative estimate of drug-likeness (QED) is 0.356. The number of hydrogen-bond acceptors (Lipinski definition) is 7. The fourth-order valence-corrected chi connectivity index (χ4v) is 1.85. The Kier molecular flexibility index (Phi) is 4.23. The molecule has 1 aromatic carbocycles. The maximum atomic E-state index is 11.7. The van der Waals surface area contributed by atoms with Crippen molar-refractivity contribution in [1.29, 1.82) is 0 Å². The number of carbonyl (C=O) groups excluding carboxylic acids is 1. The van der Waals surface area contributed by atoms with Gasteiger partial charge in [0.25, 0.3) is 5.78 Å². The minimum absolute atomic E-state index is 0.0615. The highest BCUT2D eigenvalue weighted by atomic mass is 16.7. The summed E-state index contributed by atoms with van der Waals surface area (Å²) in [6.07, 6.45) is -1.55. The number of rotatable bonds is 6. The van der Waals surface area contributed by atoms with Gasteiger partial charge in [0.15, 0.2) is 6.33 Å². The summed E-state index contributed by atoms with van der Waals surface area (Å²) in [5.41, 5.74) is -0.0260. The van der Waals surface area contributed by atoms with Gasteiger partial charge in [-0.25, -0.2) is 9.55 Å². The third-order valence-electron chi connectivity index (χ3n) is 2.85. The molecule has 1 N–H and O–H groups in total. The van der Waals surface area contributed by atoms with Gasteiger partial charge in [0, 0.05) is 0 Å². The molecule has 0 aliphatic carbocycles. The molecule has 1 heterocycles. The summed E-state index contributed by atoms with van der Waals surface area (Å²) < 4.78 is 1.08. The van der Waals surface area contributed by atoms with Gasteiger partial charge in [0.1, 0.15) is 6.54 Å². The summed E-state index contributed by atoms with van der Waals surface area (Å²) in [6, 6.07) is 8.68. The Morgan fingerprint density at radius 1 is 1.27 bits per heavy atom. The Morgan fingerprint density at radius 3 is 2.45 bits per heavy atom. The fourth-order valence-electron chi connectivity index (χ4n) is 1.85. The van der Waals surface area contributed by atoms with Crippen LogP contribution in [0.5, 0.6) is 0 Å². The number of ketones is 1. The van der Waals surface area contributed by atoms with Crippen LogP contribution in [0.25, 0.3) is 0 Å². The van der Waals surface area contributed by atoms with Crippen LogP contribution in [-0.4, -0.2) is 36.5 Å². The number of aliphatic hydroxyl groups excluding tert-OH is 1. The minimum Gasteiger partial charge on any atom is -0.358 e. The molecule has 10 nitrogen and oxygen atoms in total. The summed E-state index contributed by atoms with van der Waals surface area (Å²) in [4.78, 5) is 34.7. The molecule has 1 unspecified atom stereocenters. The maximum absolute atomic E-state index is 11.7. The number of aromatic nitrogens is 2. The smallest absolute Gasteiger partial charge is 0.358 e. The van der Waals surface area contributed by atoms with Crippen molar-refractivity contribution in [1.82, 2.24) is 9.55 Å². The fraction of sp³-hybridized carbons (Fsp3) is 0.167. The average Bonchev–Trinajstić information content (AvgIpc) is 2.90. The maximum Gasteiger partial charge on any atom is 0.379 e. The highest BCUT2D eigenvalue weighted by molar-refractivity contribution is 5.99. The van der Waals surface area contributed by atoms with Crippen LogP contribution in [0.1, 0.15) is 16.1 Å². The number of carbonyl (C=O) groups is 1. The lowest BCUT2D eigenvalue weighted by Crippen LogP contribution is -2.29. The first-order valence-electron chi connectivity index (χ1n) is 6.01. The molecular weight excluding hydrogens is 296 g/mol. The summed E-state index contributed by atoms with van der Waals surface area (Å²) in [7, 11) is 0. The number of imidazole rings is 1. The molecule has 0 fully saturated rings. The second kappa shape index (κ2) is 6.10.